The van der Waals surface area contributed by atoms with Crippen LogP contribution in [0.25, 0.3) is 11.3 Å². The highest BCUT2D eigenvalue weighted by atomic mass is 19.1. The number of rotatable bonds is 4. The van der Waals surface area contributed by atoms with Crippen LogP contribution in [0.2, 0.25) is 0 Å². The summed E-state index contributed by atoms with van der Waals surface area (Å²) in [7, 11) is 1.67. The second-order valence-electron chi connectivity index (χ2n) is 6.33. The summed E-state index contributed by atoms with van der Waals surface area (Å²) in [5, 5.41) is 8.23. The number of anilines is 2. The summed E-state index contributed by atoms with van der Waals surface area (Å²) in [6.07, 6.45) is 1.56. The maximum absolute atomic E-state index is 13.5. The van der Waals surface area contributed by atoms with Crippen molar-refractivity contribution >= 4 is 11.6 Å². The van der Waals surface area contributed by atoms with E-state index in [-0.39, 0.29) is 5.82 Å². The average Bonchev–Trinajstić information content (AvgIpc) is 2.74. The van der Waals surface area contributed by atoms with Crippen LogP contribution in [0.15, 0.2) is 54.7 Å². The van der Waals surface area contributed by atoms with Crippen molar-refractivity contribution in [1.29, 1.82) is 0 Å². The van der Waals surface area contributed by atoms with Crippen molar-refractivity contribution in [2.24, 2.45) is 0 Å². The molecule has 0 amide bonds. The molecule has 0 unspecified atom stereocenters. The van der Waals surface area contributed by atoms with E-state index >= 15 is 0 Å². The number of hydrogen-bond donors (Lipinski definition) is 0. The lowest BCUT2D eigenvalue weighted by atomic mass is 10.1. The monoisotopic (exact) mass is 365 g/mol. The van der Waals surface area contributed by atoms with Gasteiger partial charge in [-0.2, -0.15) is 5.10 Å². The molecule has 2 aromatic carbocycles. The summed E-state index contributed by atoms with van der Waals surface area (Å²) in [4.78, 5) is 8.99. The Morgan fingerprint density at radius 1 is 0.963 bits per heavy atom. The van der Waals surface area contributed by atoms with Gasteiger partial charge in [-0.05, 0) is 24.3 Å². The van der Waals surface area contributed by atoms with E-state index in [1.807, 2.05) is 24.3 Å². The van der Waals surface area contributed by atoms with Gasteiger partial charge < -0.3 is 14.5 Å². The largest absolute Gasteiger partial charge is 0.497 e. The number of ether oxygens (including phenoxy) is 1. The van der Waals surface area contributed by atoms with Crippen LogP contribution < -0.4 is 14.5 Å². The van der Waals surface area contributed by atoms with E-state index in [1.165, 1.54) is 12.1 Å². The van der Waals surface area contributed by atoms with Crippen molar-refractivity contribution in [3.8, 4) is 17.0 Å². The first-order chi connectivity index (χ1) is 13.2. The summed E-state index contributed by atoms with van der Waals surface area (Å²) < 4.78 is 18.8. The predicted molar refractivity (Wildman–Crippen MR) is 103 cm³/mol. The van der Waals surface area contributed by atoms with Gasteiger partial charge >= 0.3 is 0 Å². The molecule has 1 saturated heterocycles. The summed E-state index contributed by atoms with van der Waals surface area (Å²) >= 11 is 0. The highest BCUT2D eigenvalue weighted by molar-refractivity contribution is 5.59. The van der Waals surface area contributed by atoms with E-state index in [4.69, 9.17) is 4.74 Å². The van der Waals surface area contributed by atoms with Gasteiger partial charge in [0.1, 0.15) is 11.6 Å². The van der Waals surface area contributed by atoms with Gasteiger partial charge in [0.25, 0.3) is 0 Å². The number of aromatic nitrogens is 3. The number of methoxy groups -OCH3 is 1. The van der Waals surface area contributed by atoms with Gasteiger partial charge in [-0.25, -0.2) is 9.37 Å². The molecule has 2 heterocycles. The van der Waals surface area contributed by atoms with Crippen LogP contribution in [0.4, 0.5) is 16.0 Å². The third-order valence-corrected chi connectivity index (χ3v) is 4.65. The first kappa shape index (κ1) is 17.2. The van der Waals surface area contributed by atoms with Gasteiger partial charge in [0.2, 0.25) is 5.95 Å². The maximum atomic E-state index is 13.5. The van der Waals surface area contributed by atoms with E-state index in [2.05, 4.69) is 31.0 Å². The van der Waals surface area contributed by atoms with Crippen molar-refractivity contribution in [1.82, 2.24) is 15.2 Å². The summed E-state index contributed by atoms with van der Waals surface area (Å²) in [6.45, 7) is 3.26. The zero-order valence-electron chi connectivity index (χ0n) is 15.0. The summed E-state index contributed by atoms with van der Waals surface area (Å²) in [6, 6.07) is 14.4. The van der Waals surface area contributed by atoms with Crippen LogP contribution in [0.1, 0.15) is 0 Å². The molecule has 1 aliphatic rings. The van der Waals surface area contributed by atoms with Crippen LogP contribution in [-0.4, -0.2) is 48.5 Å². The van der Waals surface area contributed by atoms with Crippen LogP contribution in [0.3, 0.4) is 0 Å². The second-order valence-corrected chi connectivity index (χ2v) is 6.33. The molecule has 0 radical (unpaired) electrons. The third kappa shape index (κ3) is 3.81. The molecule has 138 valence electrons. The molecule has 27 heavy (non-hydrogen) atoms. The van der Waals surface area contributed by atoms with Gasteiger partial charge in [-0.15, -0.1) is 5.10 Å². The Bertz CT molecular complexity index is 928. The molecule has 0 bridgehead atoms. The molecule has 0 spiro atoms. The van der Waals surface area contributed by atoms with E-state index in [1.54, 1.807) is 19.4 Å². The smallest absolute Gasteiger partial charge is 0.246 e. The molecule has 4 rings (SSSR count). The maximum Gasteiger partial charge on any atom is 0.246 e. The summed E-state index contributed by atoms with van der Waals surface area (Å²) in [5.74, 6) is 1.13. The van der Waals surface area contributed by atoms with Crippen molar-refractivity contribution in [2.45, 2.75) is 0 Å². The Morgan fingerprint density at radius 2 is 1.74 bits per heavy atom. The fraction of sp³-hybridized carbons (Fsp3) is 0.250. The van der Waals surface area contributed by atoms with Gasteiger partial charge in [0.05, 0.1) is 19.0 Å². The second kappa shape index (κ2) is 7.57. The number of halogens is 1. The molecular weight excluding hydrogens is 345 g/mol. The van der Waals surface area contributed by atoms with Gasteiger partial charge in [0, 0.05) is 43.5 Å². The Labute approximate surface area is 157 Å². The minimum Gasteiger partial charge on any atom is -0.497 e. The van der Waals surface area contributed by atoms with Crippen molar-refractivity contribution in [3.05, 3.63) is 60.5 Å². The van der Waals surface area contributed by atoms with E-state index < -0.39 is 0 Å². The molecule has 1 aromatic heterocycles. The first-order valence-electron chi connectivity index (χ1n) is 8.82. The molecular formula is C20H20FN5O. The van der Waals surface area contributed by atoms with E-state index in [0.29, 0.717) is 17.2 Å². The average molecular weight is 365 g/mol. The quantitative estimate of drug-likeness (QED) is 0.708. The molecule has 7 heteroatoms. The van der Waals surface area contributed by atoms with Crippen LogP contribution >= 0.6 is 0 Å². The standard InChI is InChI=1S/C20H20FN5O/c1-27-18-7-3-6-17(13-18)25-8-10-26(11-9-25)20-23-19(14-22-24-20)15-4-2-5-16(21)12-15/h2-7,12-14H,8-11H2,1H3. The fourth-order valence-electron chi connectivity index (χ4n) is 3.19. The number of piperazine rings is 1. The highest BCUT2D eigenvalue weighted by Crippen LogP contribution is 2.24. The van der Waals surface area contributed by atoms with E-state index in [9.17, 15) is 4.39 Å². The molecule has 0 N–H and O–H groups in total. The minimum absolute atomic E-state index is 0.292. The lowest BCUT2D eigenvalue weighted by Crippen LogP contribution is -2.47. The SMILES string of the molecule is COc1cccc(N2CCN(c3nncc(-c4cccc(F)c4)n3)CC2)c1. The zero-order valence-corrected chi connectivity index (χ0v) is 15.0. The minimum atomic E-state index is -0.292. The first-order valence-corrected chi connectivity index (χ1v) is 8.82. The number of nitrogens with zero attached hydrogens (tertiary/aromatic N) is 5. The fourth-order valence-corrected chi connectivity index (χ4v) is 3.19. The summed E-state index contributed by atoms with van der Waals surface area (Å²) in [5.41, 5.74) is 2.46. The number of benzene rings is 2. The molecule has 6 nitrogen and oxygen atoms in total. The molecule has 3 aromatic rings. The van der Waals surface area contributed by atoms with Crippen LogP contribution in [0.5, 0.6) is 5.75 Å². The van der Waals surface area contributed by atoms with Crippen LogP contribution in [0, 0.1) is 5.82 Å². The molecule has 0 aliphatic carbocycles. The molecule has 0 atom stereocenters. The van der Waals surface area contributed by atoms with Gasteiger partial charge in [0.15, 0.2) is 0 Å². The van der Waals surface area contributed by atoms with Gasteiger partial charge in [-0.1, -0.05) is 18.2 Å². The zero-order chi connectivity index (χ0) is 18.6. The Balaban J connectivity index is 1.47. The molecule has 0 saturated carbocycles. The van der Waals surface area contributed by atoms with Crippen molar-refractivity contribution in [2.75, 3.05) is 43.1 Å². The lowest BCUT2D eigenvalue weighted by molar-refractivity contribution is 0.414. The normalized spacial score (nSPS) is 14.3. The van der Waals surface area contributed by atoms with Crippen molar-refractivity contribution in [3.63, 3.8) is 0 Å². The lowest BCUT2D eigenvalue weighted by Gasteiger charge is -2.36. The number of hydrogen-bond acceptors (Lipinski definition) is 6. The van der Waals surface area contributed by atoms with E-state index in [0.717, 1.165) is 37.6 Å². The predicted octanol–water partition coefficient (Wildman–Crippen LogP) is 3.01. The topological polar surface area (TPSA) is 54.4 Å². The van der Waals surface area contributed by atoms with Crippen LogP contribution in [-0.2, 0) is 0 Å². The molecule has 1 fully saturated rings. The van der Waals surface area contributed by atoms with Gasteiger partial charge in [-0.3, -0.25) is 0 Å². The third-order valence-electron chi connectivity index (χ3n) is 4.65. The molecule has 1 aliphatic heterocycles. The van der Waals surface area contributed by atoms with Crippen molar-refractivity contribution < 1.29 is 9.13 Å². The highest BCUT2D eigenvalue weighted by Gasteiger charge is 2.20. The Hall–Kier alpha value is -3.22. The Morgan fingerprint density at radius 3 is 2.52 bits per heavy atom. The Kier molecular flexibility index (Phi) is 4.82.